The molecular weight excluding hydrogens is 897 g/mol. The van der Waals surface area contributed by atoms with Gasteiger partial charge in [0.25, 0.3) is 0 Å². The van der Waals surface area contributed by atoms with E-state index < -0.39 is 5.97 Å². The number of carboxylic acids is 1. The summed E-state index contributed by atoms with van der Waals surface area (Å²) in [5, 5.41) is 19.3. The van der Waals surface area contributed by atoms with Gasteiger partial charge in [0, 0.05) is 55.3 Å². The van der Waals surface area contributed by atoms with E-state index in [1.807, 2.05) is 42.5 Å². The van der Waals surface area contributed by atoms with Gasteiger partial charge in [-0.3, -0.25) is 0 Å². The molecule has 0 spiro atoms. The van der Waals surface area contributed by atoms with E-state index in [2.05, 4.69) is 105 Å². The van der Waals surface area contributed by atoms with Crippen molar-refractivity contribution in [3.05, 3.63) is 137 Å². The van der Waals surface area contributed by atoms with Crippen molar-refractivity contribution < 1.29 is 19.4 Å². The summed E-state index contributed by atoms with van der Waals surface area (Å²) in [6.07, 6.45) is 19.4. The van der Waals surface area contributed by atoms with Crippen LogP contribution in [0.5, 0.6) is 11.5 Å². The van der Waals surface area contributed by atoms with E-state index in [-0.39, 0.29) is 5.57 Å². The van der Waals surface area contributed by atoms with Crippen LogP contribution in [0.4, 0.5) is 11.4 Å². The zero-order valence-corrected chi connectivity index (χ0v) is 42.4. The van der Waals surface area contributed by atoms with Gasteiger partial charge in [-0.15, -0.1) is 11.3 Å². The van der Waals surface area contributed by atoms with Crippen LogP contribution in [0.2, 0.25) is 0 Å². The van der Waals surface area contributed by atoms with Crippen molar-refractivity contribution in [3.8, 4) is 61.7 Å². The van der Waals surface area contributed by atoms with Crippen LogP contribution in [0.25, 0.3) is 61.2 Å². The van der Waals surface area contributed by atoms with E-state index in [1.54, 1.807) is 0 Å². The van der Waals surface area contributed by atoms with Gasteiger partial charge in [-0.05, 0) is 135 Å². The van der Waals surface area contributed by atoms with Gasteiger partial charge < -0.3 is 19.5 Å². The summed E-state index contributed by atoms with van der Waals surface area (Å²) < 4.78 is 12.5. The number of carboxylic acid groups (broad SMARTS) is 1. The Morgan fingerprint density at radius 3 is 1.85 bits per heavy atom. The number of nitrogens with zero attached hydrogens (tertiary/aromatic N) is 4. The Bertz CT molecular complexity index is 3010. The molecule has 1 aliphatic heterocycles. The van der Waals surface area contributed by atoms with Crippen molar-refractivity contribution >= 4 is 45.8 Å². The summed E-state index contributed by atoms with van der Waals surface area (Å²) >= 11 is 1.43. The van der Waals surface area contributed by atoms with Gasteiger partial charge in [0.2, 0.25) is 0 Å². The monoisotopic (exact) mass is 962 g/mol. The molecule has 2 atom stereocenters. The number of hydrogen-bond acceptors (Lipinski definition) is 8. The fraction of sp³-hybridized carbons (Fsp3) is 0.355. The molecule has 1 N–H and O–H groups in total. The van der Waals surface area contributed by atoms with E-state index in [0.717, 1.165) is 92.3 Å². The molecule has 1 saturated carbocycles. The number of thiophene rings is 1. The Balaban J connectivity index is 1.14. The third kappa shape index (κ3) is 11.4. The molecule has 9 rings (SSSR count). The second-order valence-corrected chi connectivity index (χ2v) is 20.4. The van der Waals surface area contributed by atoms with Gasteiger partial charge in [-0.25, -0.2) is 14.8 Å². The van der Waals surface area contributed by atoms with E-state index in [4.69, 9.17) is 19.4 Å². The number of hydrogen-bond donors (Lipinski definition) is 1. The molecular formula is C62H66N4O4S. The number of anilines is 2. The molecule has 1 fully saturated rings. The third-order valence-electron chi connectivity index (χ3n) is 14.3. The second-order valence-electron chi connectivity index (χ2n) is 19.3. The number of fused-ring (bicyclic) bond motifs is 4. The smallest absolute Gasteiger partial charge is 0.346 e. The quantitative estimate of drug-likeness (QED) is 0.0384. The first-order valence-electron chi connectivity index (χ1n) is 26.1. The van der Waals surface area contributed by atoms with Gasteiger partial charge >= 0.3 is 5.97 Å². The Hall–Kier alpha value is -6.76. The standard InChI is InChI=1S/C62H66N4O4S/c1-4-6-8-10-12-14-37-69-48-28-21-43(22-29-48)58-59(44-23-30-49(31-24-44)70-38-15-13-11-9-7-5-2)65-61-53(57-36-32-50(71-57)39-46(41-63)62(67)68)34-33-51(60(61)64-58)45-25-35-56-54(40-45)52-17-16-18-55(52)66(56)47-26-19-42(3)20-27-47/h19-36,39-40,52,55H,4-18,37-38H2,1-3H3,(H,67,68)/b46-39-. The number of unbranched alkanes of at least 4 members (excludes halogenated alkanes) is 10. The second kappa shape index (κ2) is 23.4. The lowest BCUT2D eigenvalue weighted by molar-refractivity contribution is -0.132. The number of benzene rings is 5. The van der Waals surface area contributed by atoms with Crippen molar-refractivity contribution in [1.29, 1.82) is 5.26 Å². The molecule has 71 heavy (non-hydrogen) atoms. The molecule has 2 aliphatic rings. The van der Waals surface area contributed by atoms with Crippen LogP contribution in [0, 0.1) is 18.3 Å². The minimum Gasteiger partial charge on any atom is -0.494 e. The van der Waals surface area contributed by atoms with E-state index in [9.17, 15) is 15.2 Å². The Morgan fingerprint density at radius 2 is 1.25 bits per heavy atom. The maximum Gasteiger partial charge on any atom is 0.346 e. The van der Waals surface area contributed by atoms with Gasteiger partial charge in [0.15, 0.2) is 0 Å². The fourth-order valence-corrected chi connectivity index (χ4v) is 11.4. The van der Waals surface area contributed by atoms with Crippen LogP contribution >= 0.6 is 11.3 Å². The van der Waals surface area contributed by atoms with Gasteiger partial charge in [-0.2, -0.15) is 5.26 Å². The van der Waals surface area contributed by atoms with Crippen LogP contribution in [0.1, 0.15) is 132 Å². The van der Waals surface area contributed by atoms with E-state index in [1.165, 1.54) is 111 Å². The molecule has 364 valence electrons. The highest BCUT2D eigenvalue weighted by molar-refractivity contribution is 7.16. The van der Waals surface area contributed by atoms with Crippen LogP contribution in [0.3, 0.4) is 0 Å². The van der Waals surface area contributed by atoms with Crippen molar-refractivity contribution in [1.82, 2.24) is 9.97 Å². The van der Waals surface area contributed by atoms with Crippen LogP contribution in [0.15, 0.2) is 121 Å². The van der Waals surface area contributed by atoms with Crippen molar-refractivity contribution in [3.63, 3.8) is 0 Å². The summed E-state index contributed by atoms with van der Waals surface area (Å²) in [5.74, 6) is 0.843. The van der Waals surface area contributed by atoms with E-state index in [0.29, 0.717) is 30.1 Å². The van der Waals surface area contributed by atoms with Crippen LogP contribution < -0.4 is 14.4 Å². The maximum atomic E-state index is 11.8. The molecule has 0 bridgehead atoms. The van der Waals surface area contributed by atoms with Gasteiger partial charge in [0.1, 0.15) is 23.1 Å². The normalized spacial score (nSPS) is 15.2. The Labute approximate surface area is 424 Å². The molecule has 0 amide bonds. The topological polar surface area (TPSA) is 109 Å². The largest absolute Gasteiger partial charge is 0.494 e. The zero-order chi connectivity index (χ0) is 49.1. The molecule has 5 aromatic carbocycles. The van der Waals surface area contributed by atoms with E-state index >= 15 is 0 Å². The number of carbonyl (C=O) groups is 1. The number of aliphatic carboxylic acids is 1. The highest BCUT2D eigenvalue weighted by Crippen LogP contribution is 2.53. The average Bonchev–Trinajstić information content (AvgIpc) is 4.15. The van der Waals surface area contributed by atoms with Crippen LogP contribution in [-0.2, 0) is 4.79 Å². The number of aryl methyl sites for hydroxylation is 1. The third-order valence-corrected chi connectivity index (χ3v) is 15.3. The summed E-state index contributed by atoms with van der Waals surface area (Å²) in [6, 6.07) is 42.8. The molecule has 1 aliphatic carbocycles. The first-order valence-corrected chi connectivity index (χ1v) is 26.9. The lowest BCUT2D eigenvalue weighted by Crippen LogP contribution is -2.26. The minimum absolute atomic E-state index is 0.314. The molecule has 2 unspecified atom stereocenters. The molecule has 0 saturated heterocycles. The summed E-state index contributed by atoms with van der Waals surface area (Å²) in [7, 11) is 0. The average molecular weight is 963 g/mol. The molecule has 8 nitrogen and oxygen atoms in total. The molecule has 2 aromatic heterocycles. The van der Waals surface area contributed by atoms with Crippen molar-refractivity contribution in [2.75, 3.05) is 18.1 Å². The first kappa shape index (κ1) is 49.2. The Morgan fingerprint density at radius 1 is 0.690 bits per heavy atom. The lowest BCUT2D eigenvalue weighted by Gasteiger charge is -2.27. The molecule has 3 heterocycles. The predicted octanol–water partition coefficient (Wildman–Crippen LogP) is 16.9. The van der Waals surface area contributed by atoms with Crippen molar-refractivity contribution in [2.45, 2.75) is 129 Å². The Kier molecular flexibility index (Phi) is 16.3. The summed E-state index contributed by atoms with van der Waals surface area (Å²) in [6.45, 7) is 8.00. The predicted molar refractivity (Wildman–Crippen MR) is 292 cm³/mol. The maximum absolute atomic E-state index is 11.8. The highest BCUT2D eigenvalue weighted by Gasteiger charge is 2.42. The van der Waals surface area contributed by atoms with Gasteiger partial charge in [-0.1, -0.05) is 120 Å². The van der Waals surface area contributed by atoms with Gasteiger partial charge in [0.05, 0.1) is 35.6 Å². The summed E-state index contributed by atoms with van der Waals surface area (Å²) in [4.78, 5) is 27.3. The first-order chi connectivity index (χ1) is 34.8. The summed E-state index contributed by atoms with van der Waals surface area (Å²) in [5.41, 5.74) is 12.6. The van der Waals surface area contributed by atoms with Crippen molar-refractivity contribution in [2.24, 2.45) is 0 Å². The lowest BCUT2D eigenvalue weighted by atomic mass is 9.92. The highest BCUT2D eigenvalue weighted by atomic mass is 32.1. The fourth-order valence-electron chi connectivity index (χ4n) is 10.5. The van der Waals surface area contributed by atoms with Crippen LogP contribution in [-0.4, -0.2) is 40.3 Å². The number of rotatable bonds is 23. The SMILES string of the molecule is CCCCCCCCOc1ccc(-c2nc3c(-c4ccc5c(c4)C4CCCC4N5c4ccc(C)cc4)ccc(-c4ccc(/C=C(/C#N)C(=O)O)s4)c3nc2-c2ccc(OCCCCCCCC)cc2)cc1. The molecule has 0 radical (unpaired) electrons. The minimum atomic E-state index is -1.25. The molecule has 7 aromatic rings. The zero-order valence-electron chi connectivity index (χ0n) is 41.6. The number of nitriles is 1. The molecule has 9 heteroatoms. The number of aromatic nitrogens is 2. The number of ether oxygens (including phenoxy) is 2.